The summed E-state index contributed by atoms with van der Waals surface area (Å²) in [6.45, 7) is 10.5. The maximum atomic E-state index is 13.3. The van der Waals surface area contributed by atoms with Crippen LogP contribution in [0.3, 0.4) is 0 Å². The molecule has 3 saturated heterocycles. The lowest BCUT2D eigenvalue weighted by atomic mass is 9.72. The van der Waals surface area contributed by atoms with E-state index in [1.807, 2.05) is 11.8 Å². The molecule has 3 aliphatic rings. The van der Waals surface area contributed by atoms with Crippen molar-refractivity contribution in [1.82, 2.24) is 9.80 Å². The molecule has 1 amide bonds. The van der Waals surface area contributed by atoms with Gasteiger partial charge in [0.25, 0.3) is 0 Å². The summed E-state index contributed by atoms with van der Waals surface area (Å²) in [5.74, 6) is 0.0791. The average molecular weight is 414 g/mol. The lowest BCUT2D eigenvalue weighted by Gasteiger charge is -2.37. The van der Waals surface area contributed by atoms with Crippen LogP contribution >= 0.6 is 0 Å². The maximum absolute atomic E-state index is 13.3. The van der Waals surface area contributed by atoms with Crippen molar-refractivity contribution >= 4 is 17.6 Å². The monoisotopic (exact) mass is 413 g/mol. The molecule has 6 nitrogen and oxygen atoms in total. The third kappa shape index (κ3) is 3.70. The highest BCUT2D eigenvalue weighted by molar-refractivity contribution is 5.84. The summed E-state index contributed by atoms with van der Waals surface area (Å²) in [5, 5.41) is 0. The van der Waals surface area contributed by atoms with Gasteiger partial charge in [0.15, 0.2) is 0 Å². The molecule has 1 aromatic rings. The molecule has 0 radical (unpaired) electrons. The number of anilines is 1. The highest BCUT2D eigenvalue weighted by atomic mass is 16.5. The third-order valence-corrected chi connectivity index (χ3v) is 7.44. The second-order valence-electron chi connectivity index (χ2n) is 9.08. The summed E-state index contributed by atoms with van der Waals surface area (Å²) < 4.78 is 5.42. The van der Waals surface area contributed by atoms with Crippen molar-refractivity contribution in [3.05, 3.63) is 29.8 Å². The van der Waals surface area contributed by atoms with Crippen LogP contribution < -0.4 is 4.90 Å². The minimum Gasteiger partial charge on any atom is -0.466 e. The molecule has 0 spiro atoms. The van der Waals surface area contributed by atoms with Gasteiger partial charge in [-0.3, -0.25) is 14.5 Å². The van der Waals surface area contributed by atoms with Gasteiger partial charge in [-0.1, -0.05) is 19.1 Å². The Hall–Kier alpha value is -2.08. The SMILES string of the molecule is CCOC(=O)[C@@]1(CC)C[C@H]2CC[C@@H]1N2C(=O)CN1CCN(c2cccc(C)c2)CC1. The fourth-order valence-corrected chi connectivity index (χ4v) is 5.84. The Labute approximate surface area is 180 Å². The van der Waals surface area contributed by atoms with Gasteiger partial charge in [-0.2, -0.15) is 0 Å². The first-order chi connectivity index (χ1) is 14.5. The van der Waals surface area contributed by atoms with Crippen molar-refractivity contribution in [1.29, 1.82) is 0 Å². The number of amides is 1. The van der Waals surface area contributed by atoms with E-state index in [9.17, 15) is 9.59 Å². The van der Waals surface area contributed by atoms with Gasteiger partial charge < -0.3 is 14.5 Å². The molecule has 30 heavy (non-hydrogen) atoms. The van der Waals surface area contributed by atoms with Gasteiger partial charge in [0.2, 0.25) is 5.91 Å². The fraction of sp³-hybridized carbons (Fsp3) is 0.667. The standard InChI is InChI=1S/C24H35N3O3/c1-4-24(23(29)30-5-2)16-20-9-10-21(24)27(20)22(28)17-25-11-13-26(14-12-25)19-8-6-7-18(3)15-19/h6-8,15,20-21H,4-5,9-14,16-17H2,1-3H3/t20-,21+,24+/m1/s1. The number of hydrogen-bond donors (Lipinski definition) is 0. The first kappa shape index (κ1) is 21.2. The number of carbonyl (C=O) groups excluding carboxylic acids is 2. The van der Waals surface area contributed by atoms with E-state index in [4.69, 9.17) is 4.74 Å². The molecule has 3 atom stereocenters. The summed E-state index contributed by atoms with van der Waals surface area (Å²) in [5.41, 5.74) is 2.04. The Balaban J connectivity index is 1.36. The zero-order valence-electron chi connectivity index (χ0n) is 18.6. The van der Waals surface area contributed by atoms with Crippen molar-refractivity contribution in [3.63, 3.8) is 0 Å². The highest BCUT2D eigenvalue weighted by Crippen LogP contribution is 2.52. The van der Waals surface area contributed by atoms with Crippen LogP contribution in [0.25, 0.3) is 0 Å². The van der Waals surface area contributed by atoms with Crippen LogP contribution in [0.2, 0.25) is 0 Å². The Bertz CT molecular complexity index is 790. The first-order valence-electron chi connectivity index (χ1n) is 11.5. The van der Waals surface area contributed by atoms with Crippen LogP contribution in [0.15, 0.2) is 24.3 Å². The van der Waals surface area contributed by atoms with E-state index >= 15 is 0 Å². The number of fused-ring (bicyclic) bond motifs is 2. The number of aryl methyl sites for hydroxylation is 1. The zero-order chi connectivity index (χ0) is 21.3. The van der Waals surface area contributed by atoms with E-state index in [2.05, 4.69) is 47.9 Å². The lowest BCUT2D eigenvalue weighted by Crippen LogP contribution is -2.52. The molecule has 0 N–H and O–H groups in total. The molecule has 3 heterocycles. The quantitative estimate of drug-likeness (QED) is 0.672. The number of piperazine rings is 1. The van der Waals surface area contributed by atoms with Crippen LogP contribution in [-0.2, 0) is 14.3 Å². The van der Waals surface area contributed by atoms with Crippen molar-refractivity contribution in [2.75, 3.05) is 44.2 Å². The number of rotatable bonds is 6. The van der Waals surface area contributed by atoms with Crippen molar-refractivity contribution in [2.24, 2.45) is 5.41 Å². The lowest BCUT2D eigenvalue weighted by molar-refractivity contribution is -0.158. The van der Waals surface area contributed by atoms with Gasteiger partial charge in [0.1, 0.15) is 0 Å². The van der Waals surface area contributed by atoms with Gasteiger partial charge >= 0.3 is 5.97 Å². The molecule has 3 fully saturated rings. The number of carbonyl (C=O) groups is 2. The van der Waals surface area contributed by atoms with Crippen LogP contribution in [0.4, 0.5) is 5.69 Å². The summed E-state index contributed by atoms with van der Waals surface area (Å²) in [6, 6.07) is 8.81. The molecule has 164 valence electrons. The van der Waals surface area contributed by atoms with Gasteiger partial charge in [0, 0.05) is 44.0 Å². The van der Waals surface area contributed by atoms with Crippen LogP contribution in [-0.4, -0.2) is 73.1 Å². The summed E-state index contributed by atoms with van der Waals surface area (Å²) >= 11 is 0. The minimum absolute atomic E-state index is 0.00707. The number of esters is 1. The smallest absolute Gasteiger partial charge is 0.314 e. The Morgan fingerprint density at radius 3 is 2.57 bits per heavy atom. The Morgan fingerprint density at radius 1 is 1.13 bits per heavy atom. The first-order valence-corrected chi connectivity index (χ1v) is 11.5. The molecule has 0 unspecified atom stereocenters. The van der Waals surface area contributed by atoms with E-state index in [0.717, 1.165) is 51.9 Å². The molecule has 1 aromatic carbocycles. The van der Waals surface area contributed by atoms with Crippen molar-refractivity contribution < 1.29 is 14.3 Å². The third-order valence-electron chi connectivity index (χ3n) is 7.44. The second kappa shape index (κ2) is 8.58. The summed E-state index contributed by atoms with van der Waals surface area (Å²) in [4.78, 5) is 32.8. The second-order valence-corrected chi connectivity index (χ2v) is 9.08. The Kier molecular flexibility index (Phi) is 6.05. The van der Waals surface area contributed by atoms with Crippen molar-refractivity contribution in [2.45, 2.75) is 58.5 Å². The zero-order valence-corrected chi connectivity index (χ0v) is 18.6. The van der Waals surface area contributed by atoms with Gasteiger partial charge in [-0.15, -0.1) is 0 Å². The van der Waals surface area contributed by atoms with Gasteiger partial charge in [-0.05, 0) is 57.2 Å². The predicted octanol–water partition coefficient (Wildman–Crippen LogP) is 2.84. The fourth-order valence-electron chi connectivity index (χ4n) is 5.84. The predicted molar refractivity (Wildman–Crippen MR) is 117 cm³/mol. The molecule has 2 bridgehead atoms. The van der Waals surface area contributed by atoms with Crippen LogP contribution in [0.5, 0.6) is 0 Å². The number of nitrogens with zero attached hydrogens (tertiary/aromatic N) is 3. The molecule has 4 rings (SSSR count). The molecule has 0 aliphatic carbocycles. The molecule has 3 aliphatic heterocycles. The summed E-state index contributed by atoms with van der Waals surface area (Å²) in [6.07, 6.45) is 3.44. The normalized spacial score (nSPS) is 28.8. The van der Waals surface area contributed by atoms with Gasteiger partial charge in [-0.25, -0.2) is 0 Å². The van der Waals surface area contributed by atoms with E-state index in [0.29, 0.717) is 13.2 Å². The number of ether oxygens (including phenoxy) is 1. The minimum atomic E-state index is -0.502. The summed E-state index contributed by atoms with van der Waals surface area (Å²) in [7, 11) is 0. The number of benzene rings is 1. The van der Waals surface area contributed by atoms with E-state index in [1.165, 1.54) is 11.3 Å². The molecular weight excluding hydrogens is 378 g/mol. The molecule has 0 saturated carbocycles. The van der Waals surface area contributed by atoms with Crippen molar-refractivity contribution in [3.8, 4) is 0 Å². The van der Waals surface area contributed by atoms with Gasteiger partial charge in [0.05, 0.1) is 18.6 Å². The topological polar surface area (TPSA) is 53.1 Å². The maximum Gasteiger partial charge on any atom is 0.314 e. The average Bonchev–Trinajstić information content (AvgIpc) is 3.31. The molecule has 6 heteroatoms. The van der Waals surface area contributed by atoms with Crippen LogP contribution in [0, 0.1) is 12.3 Å². The van der Waals surface area contributed by atoms with E-state index < -0.39 is 5.41 Å². The molecule has 0 aromatic heterocycles. The number of hydrogen-bond acceptors (Lipinski definition) is 5. The Morgan fingerprint density at radius 2 is 1.90 bits per heavy atom. The largest absolute Gasteiger partial charge is 0.466 e. The van der Waals surface area contributed by atoms with Crippen LogP contribution in [0.1, 0.15) is 45.1 Å². The van der Waals surface area contributed by atoms with E-state index in [1.54, 1.807) is 0 Å². The highest BCUT2D eigenvalue weighted by Gasteiger charge is 2.61. The van der Waals surface area contributed by atoms with E-state index in [-0.39, 0.29) is 24.0 Å². The molecular formula is C24H35N3O3.